The zero-order chi connectivity index (χ0) is 15.4. The molecule has 1 aromatic heterocycles. The van der Waals surface area contributed by atoms with E-state index in [9.17, 15) is 14.5 Å². The molecule has 21 heavy (non-hydrogen) atoms. The van der Waals surface area contributed by atoms with Crippen LogP contribution in [0.25, 0.3) is 0 Å². The summed E-state index contributed by atoms with van der Waals surface area (Å²) in [6, 6.07) is 6.04. The molecule has 0 amide bonds. The van der Waals surface area contributed by atoms with Gasteiger partial charge in [0, 0.05) is 24.6 Å². The van der Waals surface area contributed by atoms with Crippen molar-refractivity contribution in [2.75, 3.05) is 5.32 Å². The second kappa shape index (κ2) is 6.88. The Labute approximate surface area is 134 Å². The highest BCUT2D eigenvalue weighted by Gasteiger charge is 2.19. The molecule has 0 saturated heterocycles. The molecule has 0 bridgehead atoms. The average molecular weight is 404 g/mol. The Kier molecular flexibility index (Phi) is 5.16. The van der Waals surface area contributed by atoms with Gasteiger partial charge in [-0.25, -0.2) is 4.39 Å². The lowest BCUT2D eigenvalue weighted by Gasteiger charge is -2.15. The number of hydrogen-bond acceptors (Lipinski definition) is 4. The van der Waals surface area contributed by atoms with Crippen LogP contribution in [0.15, 0.2) is 34.9 Å². The van der Waals surface area contributed by atoms with Crippen molar-refractivity contribution in [2.24, 2.45) is 0 Å². The summed E-state index contributed by atoms with van der Waals surface area (Å²) in [7, 11) is 0. The predicted molar refractivity (Wildman–Crippen MR) is 85.9 cm³/mol. The Morgan fingerprint density at radius 2 is 2.29 bits per heavy atom. The van der Waals surface area contributed by atoms with Gasteiger partial charge in [-0.1, -0.05) is 0 Å². The van der Waals surface area contributed by atoms with E-state index in [0.717, 1.165) is 12.2 Å². The molecule has 5 nitrogen and oxygen atoms in total. The maximum atomic E-state index is 13.6. The number of nitrogens with zero attached hydrogens (tertiary/aromatic N) is 1. The fraction of sp³-hybridized carbons (Fsp3) is 0.286. The highest BCUT2D eigenvalue weighted by Crippen LogP contribution is 2.29. The number of furan rings is 1. The molecule has 1 heterocycles. The highest BCUT2D eigenvalue weighted by molar-refractivity contribution is 14.1. The van der Waals surface area contributed by atoms with E-state index in [0.29, 0.717) is 6.42 Å². The first kappa shape index (κ1) is 15.7. The van der Waals surface area contributed by atoms with Gasteiger partial charge in [-0.05, 0) is 48.1 Å². The number of nitro benzene ring substituents is 1. The normalized spacial score (nSPS) is 12.1. The molecule has 112 valence electrons. The van der Waals surface area contributed by atoms with Crippen molar-refractivity contribution in [3.8, 4) is 0 Å². The number of nitrogens with one attached hydrogen (secondary N) is 1. The van der Waals surface area contributed by atoms with Gasteiger partial charge in [0.05, 0.1) is 14.8 Å². The van der Waals surface area contributed by atoms with Crippen LogP contribution in [0.4, 0.5) is 15.8 Å². The number of rotatable bonds is 6. The first-order chi connectivity index (χ1) is 9.97. The molecule has 0 fully saturated rings. The second-order valence-corrected chi connectivity index (χ2v) is 5.87. The molecule has 0 radical (unpaired) electrons. The summed E-state index contributed by atoms with van der Waals surface area (Å²) in [6.07, 6.45) is 3.03. The van der Waals surface area contributed by atoms with Gasteiger partial charge in [0.15, 0.2) is 0 Å². The molecule has 1 N–H and O–H groups in total. The minimum absolute atomic E-state index is 0.0479. The largest absolute Gasteiger partial charge is 0.469 e. The van der Waals surface area contributed by atoms with E-state index < -0.39 is 10.7 Å². The van der Waals surface area contributed by atoms with Crippen molar-refractivity contribution in [1.82, 2.24) is 0 Å². The number of halogens is 2. The third-order valence-corrected chi connectivity index (χ3v) is 3.87. The second-order valence-electron chi connectivity index (χ2n) is 4.70. The van der Waals surface area contributed by atoms with Crippen LogP contribution in [0.2, 0.25) is 0 Å². The summed E-state index contributed by atoms with van der Waals surface area (Å²) in [4.78, 5) is 10.5. The summed E-state index contributed by atoms with van der Waals surface area (Å²) in [5.41, 5.74) is 0.0792. The van der Waals surface area contributed by atoms with Crippen LogP contribution in [0, 0.1) is 19.5 Å². The van der Waals surface area contributed by atoms with Crippen LogP contribution >= 0.6 is 22.6 Å². The minimum atomic E-state index is -0.511. The van der Waals surface area contributed by atoms with Crippen LogP contribution in [-0.4, -0.2) is 11.0 Å². The summed E-state index contributed by atoms with van der Waals surface area (Å²) >= 11 is 1.74. The highest BCUT2D eigenvalue weighted by atomic mass is 127. The van der Waals surface area contributed by atoms with Gasteiger partial charge in [0.2, 0.25) is 0 Å². The smallest absolute Gasteiger partial charge is 0.293 e. The third kappa shape index (κ3) is 4.16. The molecular formula is C14H14FIN2O3. The molecule has 0 aliphatic carbocycles. The molecule has 1 atom stereocenters. The summed E-state index contributed by atoms with van der Waals surface area (Å²) < 4.78 is 19.1. The minimum Gasteiger partial charge on any atom is -0.469 e. The lowest BCUT2D eigenvalue weighted by Crippen LogP contribution is -2.17. The molecule has 1 aromatic carbocycles. The fourth-order valence-electron chi connectivity index (χ4n) is 1.95. The Morgan fingerprint density at radius 3 is 2.90 bits per heavy atom. The molecule has 1 unspecified atom stereocenters. The third-order valence-electron chi connectivity index (χ3n) is 3.04. The molecule has 2 rings (SSSR count). The fourth-order valence-corrected chi connectivity index (χ4v) is 2.40. The Hall–Kier alpha value is -1.64. The van der Waals surface area contributed by atoms with E-state index in [1.807, 2.05) is 19.1 Å². The van der Waals surface area contributed by atoms with E-state index in [4.69, 9.17) is 4.42 Å². The molecular weight excluding hydrogens is 390 g/mol. The molecule has 0 aliphatic heterocycles. The van der Waals surface area contributed by atoms with E-state index in [-0.39, 0.29) is 21.0 Å². The standard InChI is InChI=1S/C14H14FIN2O3/c1-9(4-5-10-3-2-6-21-10)17-13-7-11(15)12(16)8-14(13)18(19)20/h2-3,6-9,17H,4-5H2,1H3. The first-order valence-corrected chi connectivity index (χ1v) is 7.47. The number of benzene rings is 1. The van der Waals surface area contributed by atoms with Crippen LogP contribution in [0.3, 0.4) is 0 Å². The number of nitro groups is 1. The van der Waals surface area contributed by atoms with Crippen LogP contribution in [-0.2, 0) is 6.42 Å². The molecule has 7 heteroatoms. The van der Waals surface area contributed by atoms with Gasteiger partial charge < -0.3 is 9.73 Å². The molecule has 0 aliphatic rings. The van der Waals surface area contributed by atoms with Crippen molar-refractivity contribution in [2.45, 2.75) is 25.8 Å². The Morgan fingerprint density at radius 1 is 1.52 bits per heavy atom. The zero-order valence-corrected chi connectivity index (χ0v) is 13.5. The van der Waals surface area contributed by atoms with Crippen LogP contribution in [0.1, 0.15) is 19.1 Å². The van der Waals surface area contributed by atoms with E-state index in [2.05, 4.69) is 5.32 Å². The molecule has 0 spiro atoms. The predicted octanol–water partition coefficient (Wildman–Crippen LogP) is 4.36. The number of aryl methyl sites for hydroxylation is 1. The average Bonchev–Trinajstić information content (AvgIpc) is 2.93. The SMILES string of the molecule is CC(CCc1ccco1)Nc1cc(F)c(I)cc1[N+](=O)[O-]. The van der Waals surface area contributed by atoms with Crippen molar-refractivity contribution >= 4 is 34.0 Å². The van der Waals surface area contributed by atoms with Crippen molar-refractivity contribution < 1.29 is 13.7 Å². The molecule has 2 aromatic rings. The molecule has 0 saturated carbocycles. The van der Waals surface area contributed by atoms with Crippen molar-refractivity contribution in [1.29, 1.82) is 0 Å². The summed E-state index contributed by atoms with van der Waals surface area (Å²) in [5, 5.41) is 14.0. The van der Waals surface area contributed by atoms with Gasteiger partial charge in [-0.2, -0.15) is 0 Å². The topological polar surface area (TPSA) is 68.3 Å². The quantitative estimate of drug-likeness (QED) is 0.441. The van der Waals surface area contributed by atoms with Crippen molar-refractivity contribution in [3.63, 3.8) is 0 Å². The maximum absolute atomic E-state index is 13.6. The monoisotopic (exact) mass is 404 g/mol. The van der Waals surface area contributed by atoms with Gasteiger partial charge in [-0.3, -0.25) is 10.1 Å². The van der Waals surface area contributed by atoms with Gasteiger partial charge in [0.25, 0.3) is 5.69 Å². The summed E-state index contributed by atoms with van der Waals surface area (Å²) in [6.45, 7) is 1.89. The van der Waals surface area contributed by atoms with Crippen molar-refractivity contribution in [3.05, 3.63) is 55.8 Å². The van der Waals surface area contributed by atoms with Crippen LogP contribution in [0.5, 0.6) is 0 Å². The number of anilines is 1. The van der Waals surface area contributed by atoms with E-state index >= 15 is 0 Å². The Bertz CT molecular complexity index is 631. The van der Waals surface area contributed by atoms with Crippen LogP contribution < -0.4 is 5.32 Å². The zero-order valence-electron chi connectivity index (χ0n) is 11.3. The summed E-state index contributed by atoms with van der Waals surface area (Å²) in [5.74, 6) is 0.383. The van der Waals surface area contributed by atoms with Gasteiger partial charge in [-0.15, -0.1) is 0 Å². The van der Waals surface area contributed by atoms with E-state index in [1.54, 1.807) is 28.9 Å². The number of hydrogen-bond donors (Lipinski definition) is 1. The van der Waals surface area contributed by atoms with Gasteiger partial charge in [0.1, 0.15) is 17.3 Å². The lowest BCUT2D eigenvalue weighted by atomic mass is 10.1. The Balaban J connectivity index is 2.07. The first-order valence-electron chi connectivity index (χ1n) is 6.39. The maximum Gasteiger partial charge on any atom is 0.293 e. The van der Waals surface area contributed by atoms with Gasteiger partial charge >= 0.3 is 0 Å². The van der Waals surface area contributed by atoms with E-state index in [1.165, 1.54) is 12.1 Å². The lowest BCUT2D eigenvalue weighted by molar-refractivity contribution is -0.384.